The molecule has 1 aliphatic heterocycles. The molecular weight excluding hydrogens is 316 g/mol. The summed E-state index contributed by atoms with van der Waals surface area (Å²) in [5.41, 5.74) is 0. The average Bonchev–Trinajstić information content (AvgIpc) is 2.27. The van der Waals surface area contributed by atoms with Crippen molar-refractivity contribution >= 4 is 32.1 Å². The van der Waals surface area contributed by atoms with Crippen molar-refractivity contribution in [1.29, 1.82) is 0 Å². The van der Waals surface area contributed by atoms with Crippen molar-refractivity contribution in [2.45, 2.75) is 10.5 Å². The SMILES string of the molecule is O=C1CC(S(=O)(=O)[O-])(S(=O)(=O)[O-])C(=O)N1O.[Na+].[Na+]. The van der Waals surface area contributed by atoms with Gasteiger partial charge in [0.25, 0.3) is 11.8 Å². The summed E-state index contributed by atoms with van der Waals surface area (Å²) in [6, 6.07) is 0. The van der Waals surface area contributed by atoms with Crippen molar-refractivity contribution in [3.8, 4) is 0 Å². The van der Waals surface area contributed by atoms with Gasteiger partial charge in [-0.15, -0.1) is 0 Å². The van der Waals surface area contributed by atoms with Gasteiger partial charge in [-0.3, -0.25) is 14.8 Å². The average molecular weight is 319 g/mol. The number of hydroxylamine groups is 2. The van der Waals surface area contributed by atoms with Crippen LogP contribution in [-0.2, 0) is 29.8 Å². The Balaban J connectivity index is 0. The van der Waals surface area contributed by atoms with Gasteiger partial charge in [-0.05, 0) is 0 Å². The van der Waals surface area contributed by atoms with Gasteiger partial charge in [-0.1, -0.05) is 0 Å². The molecule has 0 radical (unpaired) electrons. The molecule has 1 N–H and O–H groups in total. The van der Waals surface area contributed by atoms with E-state index in [2.05, 4.69) is 0 Å². The van der Waals surface area contributed by atoms with Crippen LogP contribution in [0, 0.1) is 0 Å². The van der Waals surface area contributed by atoms with Gasteiger partial charge >= 0.3 is 59.1 Å². The molecule has 0 spiro atoms. The van der Waals surface area contributed by atoms with Gasteiger partial charge in [0.05, 0.1) is 6.42 Å². The van der Waals surface area contributed by atoms with Crippen LogP contribution in [0.4, 0.5) is 0 Å². The summed E-state index contributed by atoms with van der Waals surface area (Å²) < 4.78 is 59.9. The molecule has 1 saturated heterocycles. The van der Waals surface area contributed by atoms with Crippen molar-refractivity contribution in [1.82, 2.24) is 5.06 Å². The Labute approximate surface area is 146 Å². The number of hydrogen-bond donors (Lipinski definition) is 1. The van der Waals surface area contributed by atoms with Crippen molar-refractivity contribution in [2.75, 3.05) is 0 Å². The second-order valence-electron chi connectivity index (χ2n) is 2.85. The summed E-state index contributed by atoms with van der Waals surface area (Å²) in [5.74, 6) is -3.94. The summed E-state index contributed by atoms with van der Waals surface area (Å²) in [5, 5.41) is 7.79. The minimum atomic E-state index is -5.96. The Morgan fingerprint density at radius 2 is 1.39 bits per heavy atom. The number of carbonyl (C=O) groups excluding carboxylic acids is 2. The fourth-order valence-corrected chi connectivity index (χ4v) is 3.34. The first-order valence-corrected chi connectivity index (χ1v) is 6.24. The third-order valence-corrected chi connectivity index (χ3v) is 5.42. The van der Waals surface area contributed by atoms with Crippen LogP contribution in [0.1, 0.15) is 6.42 Å². The largest absolute Gasteiger partial charge is 1.00 e. The Hall–Kier alpha value is 0.920. The second kappa shape index (κ2) is 6.13. The smallest absolute Gasteiger partial charge is 0.746 e. The quantitative estimate of drug-likeness (QED) is 0.224. The number of hydrogen-bond acceptors (Lipinski definition) is 9. The topological polar surface area (TPSA) is 172 Å². The molecule has 92 valence electrons. The van der Waals surface area contributed by atoms with E-state index in [0.717, 1.165) is 0 Å². The molecule has 2 amide bonds. The van der Waals surface area contributed by atoms with Crippen molar-refractivity contribution < 1.29 is 99.9 Å². The predicted octanol–water partition coefficient (Wildman–Crippen LogP) is -9.07. The zero-order chi connectivity index (χ0) is 12.9. The third-order valence-electron chi connectivity index (χ3n) is 1.95. The molecule has 18 heavy (non-hydrogen) atoms. The molecule has 0 aromatic heterocycles. The predicted molar refractivity (Wildman–Crippen MR) is 40.4 cm³/mol. The Morgan fingerprint density at radius 1 is 1.06 bits per heavy atom. The number of nitrogens with zero attached hydrogens (tertiary/aromatic N) is 1. The summed E-state index contributed by atoms with van der Waals surface area (Å²) in [7, 11) is -11.9. The molecule has 0 aliphatic carbocycles. The van der Waals surface area contributed by atoms with Crippen LogP contribution >= 0.6 is 0 Å². The van der Waals surface area contributed by atoms with Crippen molar-refractivity contribution in [2.24, 2.45) is 0 Å². The van der Waals surface area contributed by atoms with E-state index in [1.165, 1.54) is 0 Å². The summed E-state index contributed by atoms with van der Waals surface area (Å²) >= 11 is 0. The maximum Gasteiger partial charge on any atom is 1.00 e. The molecule has 1 fully saturated rings. The number of carbonyl (C=O) groups is 2. The maximum atomic E-state index is 11.0. The van der Waals surface area contributed by atoms with Crippen LogP contribution in [-0.4, -0.2) is 52.1 Å². The van der Waals surface area contributed by atoms with Crippen LogP contribution in [0.15, 0.2) is 0 Å². The molecule has 10 nitrogen and oxygen atoms in total. The number of amides is 2. The van der Waals surface area contributed by atoms with E-state index >= 15 is 0 Å². The fourth-order valence-electron chi connectivity index (χ4n) is 1.14. The van der Waals surface area contributed by atoms with Gasteiger partial charge in [0.1, 0.15) is 20.2 Å². The molecule has 0 aromatic carbocycles. The van der Waals surface area contributed by atoms with E-state index in [1.54, 1.807) is 0 Å². The first kappa shape index (κ1) is 21.2. The summed E-state index contributed by atoms with van der Waals surface area (Å²) in [4.78, 5) is 21.8. The molecule has 0 aromatic rings. The zero-order valence-electron chi connectivity index (χ0n) is 9.18. The fraction of sp³-hybridized carbons (Fsp3) is 0.500. The molecule has 0 atom stereocenters. The summed E-state index contributed by atoms with van der Waals surface area (Å²) in [6.45, 7) is 0. The van der Waals surface area contributed by atoms with E-state index in [9.17, 15) is 35.5 Å². The Bertz CT molecular complexity index is 533. The normalized spacial score (nSPS) is 19.2. The van der Waals surface area contributed by atoms with Crippen LogP contribution in [0.5, 0.6) is 0 Å². The van der Waals surface area contributed by atoms with Gasteiger partial charge in [0.2, 0.25) is 4.08 Å². The summed E-state index contributed by atoms with van der Waals surface area (Å²) in [6.07, 6.45) is -1.72. The van der Waals surface area contributed by atoms with E-state index in [-0.39, 0.29) is 59.1 Å². The van der Waals surface area contributed by atoms with Crippen LogP contribution in [0.3, 0.4) is 0 Å². The first-order chi connectivity index (χ1) is 6.95. The molecule has 0 unspecified atom stereocenters. The van der Waals surface area contributed by atoms with E-state index in [0.29, 0.717) is 0 Å². The molecule has 1 rings (SSSR count). The Morgan fingerprint density at radius 3 is 1.50 bits per heavy atom. The van der Waals surface area contributed by atoms with Crippen LogP contribution in [0.25, 0.3) is 0 Å². The Kier molecular flexibility index (Phi) is 7.23. The minimum absolute atomic E-state index is 0. The minimum Gasteiger partial charge on any atom is -0.746 e. The van der Waals surface area contributed by atoms with E-state index < -0.39 is 47.6 Å². The molecular formula is C4H3NNa2O9S2. The second-order valence-corrected chi connectivity index (χ2v) is 6.32. The van der Waals surface area contributed by atoms with E-state index in [4.69, 9.17) is 5.21 Å². The number of imide groups is 1. The van der Waals surface area contributed by atoms with Gasteiger partial charge < -0.3 is 9.11 Å². The molecule has 1 aliphatic rings. The van der Waals surface area contributed by atoms with E-state index in [1.807, 2.05) is 0 Å². The zero-order valence-corrected chi connectivity index (χ0v) is 14.8. The first-order valence-electron chi connectivity index (χ1n) is 3.42. The van der Waals surface area contributed by atoms with Crippen molar-refractivity contribution in [3.63, 3.8) is 0 Å². The molecule has 0 bridgehead atoms. The molecule has 14 heteroatoms. The monoisotopic (exact) mass is 319 g/mol. The number of rotatable bonds is 2. The standard InChI is InChI=1S/C4H5NO9S2.2Na/c6-2-1-4(15(9,10)11,16(12,13)14)3(7)5(2)8;;/h8H,1H2,(H,9,10,11)(H,12,13,14);;/q;2*+1/p-2. The van der Waals surface area contributed by atoms with Crippen LogP contribution < -0.4 is 59.1 Å². The van der Waals surface area contributed by atoms with Crippen molar-refractivity contribution in [3.05, 3.63) is 0 Å². The van der Waals surface area contributed by atoms with Gasteiger partial charge in [0, 0.05) is 0 Å². The van der Waals surface area contributed by atoms with Crippen LogP contribution in [0.2, 0.25) is 0 Å². The third kappa shape index (κ3) is 2.98. The van der Waals surface area contributed by atoms with Gasteiger partial charge in [0.15, 0.2) is 0 Å². The van der Waals surface area contributed by atoms with Gasteiger partial charge in [-0.2, -0.15) is 5.06 Å². The molecule has 0 saturated carbocycles. The van der Waals surface area contributed by atoms with Gasteiger partial charge in [-0.25, -0.2) is 16.8 Å². The maximum absolute atomic E-state index is 11.0. The molecule has 1 heterocycles.